The van der Waals surface area contributed by atoms with Crippen LogP contribution in [0.15, 0.2) is 18.2 Å². The first-order chi connectivity index (χ1) is 10.5. The smallest absolute Gasteiger partial charge is 0.0399 e. The Labute approximate surface area is 136 Å². The number of hydrogen-bond acceptors (Lipinski definition) is 2. The van der Waals surface area contributed by atoms with Crippen LogP contribution in [0.25, 0.3) is 0 Å². The van der Waals surface area contributed by atoms with Gasteiger partial charge in [-0.3, -0.25) is 0 Å². The second-order valence-corrected chi connectivity index (χ2v) is 7.87. The molecule has 2 aliphatic rings. The molecule has 0 amide bonds. The summed E-state index contributed by atoms with van der Waals surface area (Å²) in [5.74, 6) is 1.59. The van der Waals surface area contributed by atoms with Crippen LogP contribution in [0.4, 0.5) is 5.69 Å². The molecule has 1 aliphatic heterocycles. The van der Waals surface area contributed by atoms with E-state index >= 15 is 0 Å². The summed E-state index contributed by atoms with van der Waals surface area (Å²) in [5.41, 5.74) is 4.63. The largest absolute Gasteiger partial charge is 0.371 e. The third-order valence-electron chi connectivity index (χ3n) is 5.51. The van der Waals surface area contributed by atoms with Gasteiger partial charge in [-0.15, -0.1) is 0 Å². The molecule has 0 N–H and O–H groups in total. The predicted octanol–water partition coefficient (Wildman–Crippen LogP) is 4.29. The summed E-state index contributed by atoms with van der Waals surface area (Å²) in [4.78, 5) is 5.03. The third kappa shape index (κ3) is 3.65. The van der Waals surface area contributed by atoms with Crippen LogP contribution in [0, 0.1) is 5.92 Å². The van der Waals surface area contributed by atoms with E-state index in [1.807, 2.05) is 0 Å². The van der Waals surface area contributed by atoms with Crippen LogP contribution < -0.4 is 4.90 Å². The zero-order valence-corrected chi connectivity index (χ0v) is 14.8. The van der Waals surface area contributed by atoms with Crippen LogP contribution in [0.3, 0.4) is 0 Å². The summed E-state index contributed by atoms with van der Waals surface area (Å²) in [5, 5.41) is 0. The van der Waals surface area contributed by atoms with Gasteiger partial charge >= 0.3 is 0 Å². The van der Waals surface area contributed by atoms with Crippen molar-refractivity contribution in [3.63, 3.8) is 0 Å². The molecule has 2 heteroatoms. The molecule has 1 saturated carbocycles. The molecule has 3 rings (SSSR count). The van der Waals surface area contributed by atoms with Crippen molar-refractivity contribution in [1.29, 1.82) is 0 Å². The van der Waals surface area contributed by atoms with Crippen LogP contribution in [0.5, 0.6) is 0 Å². The van der Waals surface area contributed by atoms with Crippen LogP contribution in [-0.4, -0.2) is 38.1 Å². The number of nitrogens with zero attached hydrogens (tertiary/aromatic N) is 2. The summed E-state index contributed by atoms with van der Waals surface area (Å²) < 4.78 is 0. The van der Waals surface area contributed by atoms with Crippen LogP contribution in [-0.2, 0) is 6.42 Å². The van der Waals surface area contributed by atoms with Gasteiger partial charge in [0.05, 0.1) is 0 Å². The Hall–Kier alpha value is -1.02. The van der Waals surface area contributed by atoms with E-state index in [9.17, 15) is 0 Å². The Morgan fingerprint density at radius 1 is 1.09 bits per heavy atom. The topological polar surface area (TPSA) is 6.48 Å². The minimum atomic E-state index is 0.631. The molecule has 0 unspecified atom stereocenters. The summed E-state index contributed by atoms with van der Waals surface area (Å²) >= 11 is 0. The van der Waals surface area contributed by atoms with Crippen molar-refractivity contribution in [3.8, 4) is 0 Å². The van der Waals surface area contributed by atoms with Crippen molar-refractivity contribution in [2.45, 2.75) is 57.9 Å². The van der Waals surface area contributed by atoms with E-state index in [0.29, 0.717) is 5.92 Å². The number of hydrogen-bond donors (Lipinski definition) is 0. The molecule has 1 aromatic carbocycles. The van der Waals surface area contributed by atoms with E-state index in [-0.39, 0.29) is 0 Å². The fraction of sp³-hybridized carbons (Fsp3) is 0.700. The SMILES string of the molecule is CC(C)c1ccc(N2CCC(N(C)C)CC2)c(CC2CC2)c1. The Bertz CT molecular complexity index is 494. The lowest BCUT2D eigenvalue weighted by Crippen LogP contribution is -2.42. The number of rotatable bonds is 5. The molecule has 1 aliphatic carbocycles. The Balaban J connectivity index is 1.77. The van der Waals surface area contributed by atoms with Crippen molar-refractivity contribution < 1.29 is 0 Å². The van der Waals surface area contributed by atoms with Gasteiger partial charge in [-0.1, -0.05) is 26.0 Å². The fourth-order valence-corrected chi connectivity index (χ4v) is 3.69. The third-order valence-corrected chi connectivity index (χ3v) is 5.51. The highest BCUT2D eigenvalue weighted by Gasteiger charge is 2.26. The number of anilines is 1. The normalized spacial score (nSPS) is 20.2. The first-order valence-corrected chi connectivity index (χ1v) is 9.08. The highest BCUT2D eigenvalue weighted by molar-refractivity contribution is 5.56. The van der Waals surface area contributed by atoms with Crippen LogP contribution in [0.2, 0.25) is 0 Å². The standard InChI is InChI=1S/C20H32N2/c1-15(2)17-7-8-20(18(14-17)13-16-5-6-16)22-11-9-19(10-12-22)21(3)4/h7-8,14-16,19H,5-6,9-13H2,1-4H3. The Kier molecular flexibility index (Phi) is 4.77. The minimum absolute atomic E-state index is 0.631. The minimum Gasteiger partial charge on any atom is -0.371 e. The highest BCUT2D eigenvalue weighted by Crippen LogP contribution is 2.37. The molecule has 1 saturated heterocycles. The first-order valence-electron chi connectivity index (χ1n) is 9.08. The first kappa shape index (κ1) is 15.9. The summed E-state index contributed by atoms with van der Waals surface area (Å²) in [6.45, 7) is 7.03. The number of piperidine rings is 1. The molecule has 0 bridgehead atoms. The van der Waals surface area contributed by atoms with E-state index in [1.54, 1.807) is 5.56 Å². The van der Waals surface area contributed by atoms with E-state index in [4.69, 9.17) is 0 Å². The lowest BCUT2D eigenvalue weighted by Gasteiger charge is -2.37. The quantitative estimate of drug-likeness (QED) is 0.800. The molecular formula is C20H32N2. The van der Waals surface area contributed by atoms with E-state index < -0.39 is 0 Å². The predicted molar refractivity (Wildman–Crippen MR) is 95.9 cm³/mol. The van der Waals surface area contributed by atoms with Crippen molar-refractivity contribution in [2.75, 3.05) is 32.1 Å². The summed E-state index contributed by atoms with van der Waals surface area (Å²) in [7, 11) is 4.44. The van der Waals surface area contributed by atoms with Crippen LogP contribution in [0.1, 0.15) is 56.6 Å². The molecular weight excluding hydrogens is 268 g/mol. The Morgan fingerprint density at radius 2 is 1.77 bits per heavy atom. The average molecular weight is 300 g/mol. The monoisotopic (exact) mass is 300 g/mol. The van der Waals surface area contributed by atoms with Crippen molar-refractivity contribution >= 4 is 5.69 Å². The van der Waals surface area contributed by atoms with Crippen molar-refractivity contribution in [2.24, 2.45) is 5.92 Å². The van der Waals surface area contributed by atoms with Gasteiger partial charge in [-0.2, -0.15) is 0 Å². The summed E-state index contributed by atoms with van der Waals surface area (Å²) in [6, 6.07) is 8.02. The highest BCUT2D eigenvalue weighted by atomic mass is 15.2. The molecule has 22 heavy (non-hydrogen) atoms. The maximum Gasteiger partial charge on any atom is 0.0399 e. The molecule has 1 aromatic rings. The van der Waals surface area contributed by atoms with E-state index in [1.165, 1.54) is 56.4 Å². The van der Waals surface area contributed by atoms with E-state index in [2.05, 4.69) is 55.9 Å². The molecule has 2 nitrogen and oxygen atoms in total. The molecule has 0 radical (unpaired) electrons. The zero-order valence-electron chi connectivity index (χ0n) is 14.8. The van der Waals surface area contributed by atoms with Gasteiger partial charge < -0.3 is 9.80 Å². The fourth-order valence-electron chi connectivity index (χ4n) is 3.69. The summed E-state index contributed by atoms with van der Waals surface area (Å²) in [6.07, 6.45) is 6.76. The van der Waals surface area contributed by atoms with Gasteiger partial charge in [0.25, 0.3) is 0 Å². The molecule has 0 spiro atoms. The molecule has 0 atom stereocenters. The zero-order chi connectivity index (χ0) is 15.7. The van der Waals surface area contributed by atoms with Gasteiger partial charge in [0.1, 0.15) is 0 Å². The maximum atomic E-state index is 2.64. The van der Waals surface area contributed by atoms with Crippen molar-refractivity contribution in [1.82, 2.24) is 4.90 Å². The molecule has 1 heterocycles. The Morgan fingerprint density at radius 3 is 2.32 bits per heavy atom. The average Bonchev–Trinajstić information content (AvgIpc) is 3.31. The van der Waals surface area contributed by atoms with Crippen LogP contribution >= 0.6 is 0 Å². The van der Waals surface area contributed by atoms with Gasteiger partial charge in [-0.05, 0) is 75.2 Å². The van der Waals surface area contributed by atoms with Crippen molar-refractivity contribution in [3.05, 3.63) is 29.3 Å². The van der Waals surface area contributed by atoms with E-state index in [0.717, 1.165) is 12.0 Å². The second kappa shape index (κ2) is 6.62. The molecule has 0 aromatic heterocycles. The van der Waals surface area contributed by atoms with Gasteiger partial charge in [-0.25, -0.2) is 0 Å². The van der Waals surface area contributed by atoms with Gasteiger partial charge in [0.15, 0.2) is 0 Å². The molecule has 2 fully saturated rings. The van der Waals surface area contributed by atoms with Gasteiger partial charge in [0.2, 0.25) is 0 Å². The maximum absolute atomic E-state index is 2.64. The molecule has 122 valence electrons. The van der Waals surface area contributed by atoms with Gasteiger partial charge in [0, 0.05) is 24.8 Å². The second-order valence-electron chi connectivity index (χ2n) is 7.87. The lowest BCUT2D eigenvalue weighted by molar-refractivity contribution is 0.249. The number of benzene rings is 1. The lowest BCUT2D eigenvalue weighted by atomic mass is 9.95.